The van der Waals surface area contributed by atoms with Gasteiger partial charge < -0.3 is 10.1 Å². The minimum Gasteiger partial charge on any atom is -0.368 e. The van der Waals surface area contributed by atoms with E-state index in [-0.39, 0.29) is 5.60 Å². The Morgan fingerprint density at radius 1 is 1.45 bits per heavy atom. The molecule has 20 heavy (non-hydrogen) atoms. The number of nitrogens with zero attached hydrogens (tertiary/aromatic N) is 3. The number of hydrogen-bond donors (Lipinski definition) is 1. The minimum atomic E-state index is -0.209. The molecule has 2 fully saturated rings. The van der Waals surface area contributed by atoms with Gasteiger partial charge in [0.05, 0.1) is 12.8 Å². The van der Waals surface area contributed by atoms with Crippen LogP contribution in [0.15, 0.2) is 12.4 Å². The van der Waals surface area contributed by atoms with E-state index in [4.69, 9.17) is 4.74 Å². The topological polar surface area (TPSA) is 42.3 Å². The van der Waals surface area contributed by atoms with Crippen LogP contribution in [0.3, 0.4) is 0 Å². The van der Waals surface area contributed by atoms with Crippen LogP contribution in [0.4, 0.5) is 0 Å². The van der Waals surface area contributed by atoms with Crippen molar-refractivity contribution in [3.8, 4) is 0 Å². The van der Waals surface area contributed by atoms with Gasteiger partial charge in [-0.1, -0.05) is 0 Å². The third kappa shape index (κ3) is 3.05. The van der Waals surface area contributed by atoms with Gasteiger partial charge in [0.25, 0.3) is 0 Å². The second kappa shape index (κ2) is 5.84. The van der Waals surface area contributed by atoms with Crippen molar-refractivity contribution in [3.05, 3.63) is 18.0 Å². The number of ether oxygens (including phenoxy) is 1. The molecule has 0 radical (unpaired) electrons. The Kier molecular flexibility index (Phi) is 4.10. The number of nitrogens with one attached hydrogen (secondary N) is 1. The number of aryl methyl sites for hydroxylation is 1. The molecule has 1 aromatic heterocycles. The molecule has 112 valence electrons. The molecule has 0 spiro atoms. The summed E-state index contributed by atoms with van der Waals surface area (Å²) in [6.45, 7) is 8.60. The first-order valence-corrected chi connectivity index (χ1v) is 7.72. The van der Waals surface area contributed by atoms with Crippen molar-refractivity contribution in [2.24, 2.45) is 13.0 Å². The lowest BCUT2D eigenvalue weighted by molar-refractivity contribution is -0.106. The van der Waals surface area contributed by atoms with Crippen LogP contribution in [0.1, 0.15) is 25.3 Å². The van der Waals surface area contributed by atoms with Crippen LogP contribution < -0.4 is 5.32 Å². The largest absolute Gasteiger partial charge is 0.368 e. The second-order valence-corrected chi connectivity index (χ2v) is 6.41. The fraction of sp³-hybridized carbons (Fsp3) is 0.800. The Morgan fingerprint density at radius 2 is 2.25 bits per heavy atom. The summed E-state index contributed by atoms with van der Waals surface area (Å²) < 4.78 is 7.93. The summed E-state index contributed by atoms with van der Waals surface area (Å²) in [6.07, 6.45) is 6.63. The molecule has 3 rings (SSSR count). The first-order valence-electron chi connectivity index (χ1n) is 7.72. The van der Waals surface area contributed by atoms with Crippen molar-refractivity contribution >= 4 is 0 Å². The van der Waals surface area contributed by atoms with Gasteiger partial charge in [-0.2, -0.15) is 5.10 Å². The fourth-order valence-electron chi connectivity index (χ4n) is 3.41. The van der Waals surface area contributed by atoms with E-state index in [1.807, 2.05) is 17.9 Å². The highest BCUT2D eigenvalue weighted by Crippen LogP contribution is 2.29. The van der Waals surface area contributed by atoms with Crippen LogP contribution in [-0.2, 0) is 17.4 Å². The van der Waals surface area contributed by atoms with Crippen molar-refractivity contribution in [1.82, 2.24) is 20.0 Å². The highest BCUT2D eigenvalue weighted by Gasteiger charge is 2.35. The standard InChI is InChI=1S/C15H26N4O/c1-15(14-9-17-18(2)11-14)12-19(7-8-20-15)10-13-3-5-16-6-4-13/h9,11,13,16H,3-8,10,12H2,1-2H3. The molecule has 1 unspecified atom stereocenters. The number of aromatic nitrogens is 2. The van der Waals surface area contributed by atoms with Crippen LogP contribution in [-0.4, -0.2) is 54.0 Å². The summed E-state index contributed by atoms with van der Waals surface area (Å²) >= 11 is 0. The first kappa shape index (κ1) is 14.0. The lowest BCUT2D eigenvalue weighted by Crippen LogP contribution is -2.50. The van der Waals surface area contributed by atoms with Crippen molar-refractivity contribution in [3.63, 3.8) is 0 Å². The van der Waals surface area contributed by atoms with Crippen molar-refractivity contribution in [2.75, 3.05) is 39.3 Å². The normalized spacial score (nSPS) is 29.7. The zero-order valence-electron chi connectivity index (χ0n) is 12.6. The minimum absolute atomic E-state index is 0.209. The quantitative estimate of drug-likeness (QED) is 0.894. The van der Waals surface area contributed by atoms with E-state index in [1.54, 1.807) is 0 Å². The maximum atomic E-state index is 6.08. The molecule has 3 heterocycles. The number of piperidine rings is 1. The lowest BCUT2D eigenvalue weighted by atomic mass is 9.94. The van der Waals surface area contributed by atoms with Gasteiger partial charge in [0.15, 0.2) is 0 Å². The number of morpholine rings is 1. The molecule has 2 saturated heterocycles. The second-order valence-electron chi connectivity index (χ2n) is 6.41. The van der Waals surface area contributed by atoms with Gasteiger partial charge in [-0.25, -0.2) is 0 Å². The van der Waals surface area contributed by atoms with E-state index in [2.05, 4.69) is 28.4 Å². The van der Waals surface area contributed by atoms with Gasteiger partial charge in [-0.05, 0) is 38.8 Å². The number of rotatable bonds is 3. The Balaban J connectivity index is 1.63. The Bertz CT molecular complexity index is 441. The number of hydrogen-bond acceptors (Lipinski definition) is 4. The summed E-state index contributed by atoms with van der Waals surface area (Å²) in [5, 5.41) is 7.73. The molecule has 5 heteroatoms. The summed E-state index contributed by atoms with van der Waals surface area (Å²) in [7, 11) is 1.96. The maximum Gasteiger partial charge on any atom is 0.106 e. The molecule has 1 N–H and O–H groups in total. The molecular weight excluding hydrogens is 252 g/mol. The SMILES string of the molecule is Cn1cc(C2(C)CN(CC3CCNCC3)CCO2)cn1. The monoisotopic (exact) mass is 278 g/mol. The van der Waals surface area contributed by atoms with Gasteiger partial charge in [0.1, 0.15) is 5.60 Å². The van der Waals surface area contributed by atoms with Gasteiger partial charge in [-0.15, -0.1) is 0 Å². The predicted molar refractivity (Wildman–Crippen MR) is 78.5 cm³/mol. The van der Waals surface area contributed by atoms with Crippen molar-refractivity contribution in [2.45, 2.75) is 25.4 Å². The average molecular weight is 278 g/mol. The molecule has 0 amide bonds. The molecule has 0 aliphatic carbocycles. The van der Waals surface area contributed by atoms with E-state index < -0.39 is 0 Å². The maximum absolute atomic E-state index is 6.08. The third-order valence-electron chi connectivity index (χ3n) is 4.64. The van der Waals surface area contributed by atoms with Gasteiger partial charge in [-0.3, -0.25) is 9.58 Å². The van der Waals surface area contributed by atoms with Crippen LogP contribution in [0.25, 0.3) is 0 Å². The lowest BCUT2D eigenvalue weighted by Gasteiger charge is -2.41. The molecule has 5 nitrogen and oxygen atoms in total. The van der Waals surface area contributed by atoms with Crippen LogP contribution in [0.2, 0.25) is 0 Å². The molecule has 1 atom stereocenters. The Labute approximate surface area is 121 Å². The average Bonchev–Trinajstić information content (AvgIpc) is 2.88. The van der Waals surface area contributed by atoms with Crippen molar-refractivity contribution in [1.29, 1.82) is 0 Å². The smallest absolute Gasteiger partial charge is 0.106 e. The van der Waals surface area contributed by atoms with E-state index in [9.17, 15) is 0 Å². The Hall–Kier alpha value is -0.910. The zero-order chi connectivity index (χ0) is 14.0. The van der Waals surface area contributed by atoms with E-state index in [1.165, 1.54) is 38.0 Å². The van der Waals surface area contributed by atoms with Crippen LogP contribution in [0, 0.1) is 5.92 Å². The van der Waals surface area contributed by atoms with E-state index >= 15 is 0 Å². The molecule has 2 aliphatic heterocycles. The van der Waals surface area contributed by atoms with Crippen molar-refractivity contribution < 1.29 is 4.74 Å². The first-order chi connectivity index (χ1) is 9.66. The highest BCUT2D eigenvalue weighted by molar-refractivity contribution is 5.16. The van der Waals surface area contributed by atoms with E-state index in [0.717, 1.165) is 25.6 Å². The summed E-state index contributed by atoms with van der Waals surface area (Å²) in [5.74, 6) is 0.840. The van der Waals surface area contributed by atoms with Gasteiger partial charge in [0.2, 0.25) is 0 Å². The van der Waals surface area contributed by atoms with E-state index in [0.29, 0.717) is 0 Å². The van der Waals surface area contributed by atoms with Crippen LogP contribution in [0.5, 0.6) is 0 Å². The van der Waals surface area contributed by atoms with Gasteiger partial charge >= 0.3 is 0 Å². The van der Waals surface area contributed by atoms with Gasteiger partial charge in [0, 0.05) is 38.4 Å². The Morgan fingerprint density at radius 3 is 2.95 bits per heavy atom. The molecule has 1 aromatic rings. The summed E-state index contributed by atoms with van der Waals surface area (Å²) in [6, 6.07) is 0. The molecular formula is C15H26N4O. The molecule has 2 aliphatic rings. The third-order valence-corrected chi connectivity index (χ3v) is 4.64. The molecule has 0 bridgehead atoms. The summed E-state index contributed by atoms with van der Waals surface area (Å²) in [4.78, 5) is 2.58. The molecule has 0 aromatic carbocycles. The zero-order valence-corrected chi connectivity index (χ0v) is 12.6. The molecule has 0 saturated carbocycles. The fourth-order valence-corrected chi connectivity index (χ4v) is 3.41. The van der Waals surface area contributed by atoms with Crippen LogP contribution >= 0.6 is 0 Å². The predicted octanol–water partition coefficient (Wildman–Crippen LogP) is 0.967. The highest BCUT2D eigenvalue weighted by atomic mass is 16.5. The summed E-state index contributed by atoms with van der Waals surface area (Å²) in [5.41, 5.74) is 0.981.